The van der Waals surface area contributed by atoms with E-state index in [0.717, 1.165) is 30.2 Å². The number of carbonyl (C=O) groups is 1. The van der Waals surface area contributed by atoms with Crippen molar-refractivity contribution in [3.8, 4) is 0 Å². The van der Waals surface area contributed by atoms with Crippen LogP contribution in [0, 0.1) is 0 Å². The van der Waals surface area contributed by atoms with Crippen molar-refractivity contribution in [2.75, 3.05) is 13.7 Å². The fourth-order valence-electron chi connectivity index (χ4n) is 1.69. The topological polar surface area (TPSA) is 48.4 Å². The van der Waals surface area contributed by atoms with Crippen molar-refractivity contribution in [3.05, 3.63) is 16.1 Å². The summed E-state index contributed by atoms with van der Waals surface area (Å²) in [5.41, 5.74) is 0.959. The molecule has 0 spiro atoms. The number of aryl methyl sites for hydroxylation is 1. The van der Waals surface area contributed by atoms with Gasteiger partial charge in [-0.3, -0.25) is 4.79 Å². The van der Waals surface area contributed by atoms with Crippen LogP contribution in [0.3, 0.4) is 0 Å². The number of hydrogen-bond acceptors (Lipinski definition) is 5. The summed E-state index contributed by atoms with van der Waals surface area (Å²) >= 11 is 1.62. The second kappa shape index (κ2) is 5.41. The molecule has 5 heteroatoms. The van der Waals surface area contributed by atoms with Gasteiger partial charge in [0.25, 0.3) is 0 Å². The fraction of sp³-hybridized carbons (Fsp3) is 0.636. The van der Waals surface area contributed by atoms with Crippen LogP contribution in [0.4, 0.5) is 0 Å². The molecular formula is C11H15NO3S. The van der Waals surface area contributed by atoms with Gasteiger partial charge in [-0.25, -0.2) is 4.98 Å². The number of thiazole rings is 1. The fourth-order valence-corrected chi connectivity index (χ4v) is 2.62. The number of ether oxygens (including phenoxy) is 2. The molecule has 16 heavy (non-hydrogen) atoms. The van der Waals surface area contributed by atoms with Gasteiger partial charge in [0.2, 0.25) is 0 Å². The van der Waals surface area contributed by atoms with E-state index in [4.69, 9.17) is 4.74 Å². The lowest BCUT2D eigenvalue weighted by molar-refractivity contribution is -0.140. The number of rotatable bonds is 4. The van der Waals surface area contributed by atoms with Crippen molar-refractivity contribution in [2.45, 2.75) is 31.8 Å². The largest absolute Gasteiger partial charge is 0.469 e. The first-order chi connectivity index (χ1) is 7.79. The van der Waals surface area contributed by atoms with E-state index in [0.29, 0.717) is 12.8 Å². The third-order valence-electron chi connectivity index (χ3n) is 2.59. The Morgan fingerprint density at radius 3 is 3.31 bits per heavy atom. The Hall–Kier alpha value is -0.940. The summed E-state index contributed by atoms with van der Waals surface area (Å²) in [4.78, 5) is 15.5. The number of esters is 1. The second-order valence-electron chi connectivity index (χ2n) is 3.75. The van der Waals surface area contributed by atoms with Crippen LogP contribution >= 0.6 is 11.3 Å². The molecule has 2 heterocycles. The third-order valence-corrected chi connectivity index (χ3v) is 3.57. The van der Waals surface area contributed by atoms with Crippen LogP contribution in [0.25, 0.3) is 0 Å². The molecule has 1 fully saturated rings. The van der Waals surface area contributed by atoms with Gasteiger partial charge in [0.15, 0.2) is 0 Å². The van der Waals surface area contributed by atoms with Gasteiger partial charge in [-0.15, -0.1) is 11.3 Å². The average Bonchev–Trinajstić information content (AvgIpc) is 2.95. The van der Waals surface area contributed by atoms with Crippen LogP contribution in [-0.4, -0.2) is 24.7 Å². The number of carbonyl (C=O) groups excluding carboxylic acids is 1. The molecule has 2 rings (SSSR count). The van der Waals surface area contributed by atoms with Crippen LogP contribution in [-0.2, 0) is 20.7 Å². The first-order valence-corrected chi connectivity index (χ1v) is 6.30. The van der Waals surface area contributed by atoms with Gasteiger partial charge in [-0.05, 0) is 12.8 Å². The van der Waals surface area contributed by atoms with E-state index in [1.54, 1.807) is 11.3 Å². The lowest BCUT2D eigenvalue weighted by Crippen LogP contribution is -2.02. The minimum atomic E-state index is -0.188. The Morgan fingerprint density at radius 2 is 2.62 bits per heavy atom. The maximum Gasteiger partial charge on any atom is 0.305 e. The minimum Gasteiger partial charge on any atom is -0.469 e. The summed E-state index contributed by atoms with van der Waals surface area (Å²) in [5, 5.41) is 3.04. The van der Waals surface area contributed by atoms with E-state index in [1.165, 1.54) is 7.11 Å². The molecule has 0 radical (unpaired) electrons. The molecule has 0 aromatic carbocycles. The van der Waals surface area contributed by atoms with Crippen molar-refractivity contribution in [3.63, 3.8) is 0 Å². The van der Waals surface area contributed by atoms with Crippen LogP contribution in [0.2, 0.25) is 0 Å². The van der Waals surface area contributed by atoms with Crippen LogP contribution in [0.5, 0.6) is 0 Å². The molecule has 1 aliphatic rings. The summed E-state index contributed by atoms with van der Waals surface area (Å²) in [6.45, 7) is 0.835. The number of methoxy groups -OCH3 is 1. The molecule has 1 aromatic heterocycles. The second-order valence-corrected chi connectivity index (χ2v) is 4.64. The van der Waals surface area contributed by atoms with E-state index in [1.807, 2.05) is 5.38 Å². The van der Waals surface area contributed by atoms with Gasteiger partial charge < -0.3 is 9.47 Å². The Balaban J connectivity index is 1.89. The number of nitrogens with zero attached hydrogens (tertiary/aromatic N) is 1. The molecule has 1 saturated heterocycles. The van der Waals surface area contributed by atoms with Crippen molar-refractivity contribution in [1.29, 1.82) is 0 Å². The minimum absolute atomic E-state index is 0.178. The molecule has 1 unspecified atom stereocenters. The SMILES string of the molecule is COC(=O)CCc1csc(C2CCCO2)n1. The standard InChI is InChI=1S/C11H15NO3S/c1-14-10(13)5-4-8-7-16-11(12-8)9-3-2-6-15-9/h7,9H,2-6H2,1H3. The molecule has 0 amide bonds. The predicted octanol–water partition coefficient (Wildman–Crippen LogP) is 2.10. The summed E-state index contributed by atoms with van der Waals surface area (Å²) in [5.74, 6) is -0.188. The molecule has 88 valence electrons. The molecule has 1 aliphatic heterocycles. The van der Waals surface area contributed by atoms with E-state index < -0.39 is 0 Å². The van der Waals surface area contributed by atoms with Gasteiger partial charge in [-0.1, -0.05) is 0 Å². The van der Waals surface area contributed by atoms with Gasteiger partial charge in [-0.2, -0.15) is 0 Å². The van der Waals surface area contributed by atoms with Crippen molar-refractivity contribution < 1.29 is 14.3 Å². The normalized spacial score (nSPS) is 19.9. The molecule has 0 aliphatic carbocycles. The predicted molar refractivity (Wildman–Crippen MR) is 60.4 cm³/mol. The molecule has 4 nitrogen and oxygen atoms in total. The Kier molecular flexibility index (Phi) is 3.90. The zero-order valence-corrected chi connectivity index (χ0v) is 10.1. The summed E-state index contributed by atoms with van der Waals surface area (Å²) in [7, 11) is 1.40. The summed E-state index contributed by atoms with van der Waals surface area (Å²) in [6, 6.07) is 0. The van der Waals surface area contributed by atoms with Crippen LogP contribution in [0.1, 0.15) is 36.1 Å². The van der Waals surface area contributed by atoms with E-state index in [9.17, 15) is 4.79 Å². The Labute approximate surface area is 98.6 Å². The highest BCUT2D eigenvalue weighted by molar-refractivity contribution is 7.09. The molecule has 1 aromatic rings. The molecule has 0 saturated carbocycles. The van der Waals surface area contributed by atoms with Crippen LogP contribution < -0.4 is 0 Å². The molecular weight excluding hydrogens is 226 g/mol. The van der Waals surface area contributed by atoms with E-state index >= 15 is 0 Å². The molecule has 1 atom stereocenters. The van der Waals surface area contributed by atoms with Crippen molar-refractivity contribution in [2.24, 2.45) is 0 Å². The monoisotopic (exact) mass is 241 g/mol. The molecule has 0 N–H and O–H groups in total. The van der Waals surface area contributed by atoms with E-state index in [-0.39, 0.29) is 12.1 Å². The van der Waals surface area contributed by atoms with Crippen LogP contribution in [0.15, 0.2) is 5.38 Å². The maximum absolute atomic E-state index is 11.0. The number of aromatic nitrogens is 1. The first-order valence-electron chi connectivity index (χ1n) is 5.42. The zero-order chi connectivity index (χ0) is 11.4. The quantitative estimate of drug-likeness (QED) is 0.757. The van der Waals surface area contributed by atoms with Gasteiger partial charge in [0, 0.05) is 18.4 Å². The van der Waals surface area contributed by atoms with Gasteiger partial charge >= 0.3 is 5.97 Å². The lowest BCUT2D eigenvalue weighted by Gasteiger charge is -2.03. The third kappa shape index (κ3) is 2.80. The highest BCUT2D eigenvalue weighted by atomic mass is 32.1. The van der Waals surface area contributed by atoms with Crippen molar-refractivity contribution >= 4 is 17.3 Å². The highest BCUT2D eigenvalue weighted by Gasteiger charge is 2.20. The Bertz CT molecular complexity index is 358. The summed E-state index contributed by atoms with van der Waals surface area (Å²) < 4.78 is 10.1. The van der Waals surface area contributed by atoms with E-state index in [2.05, 4.69) is 9.72 Å². The highest BCUT2D eigenvalue weighted by Crippen LogP contribution is 2.30. The number of hydrogen-bond donors (Lipinski definition) is 0. The van der Waals surface area contributed by atoms with Crippen molar-refractivity contribution in [1.82, 2.24) is 4.98 Å². The van der Waals surface area contributed by atoms with Gasteiger partial charge in [0.05, 0.1) is 19.2 Å². The lowest BCUT2D eigenvalue weighted by atomic mass is 10.2. The molecule has 0 bridgehead atoms. The maximum atomic E-state index is 11.0. The summed E-state index contributed by atoms with van der Waals surface area (Å²) in [6.07, 6.45) is 3.39. The zero-order valence-electron chi connectivity index (χ0n) is 9.27. The first kappa shape index (κ1) is 11.5. The Morgan fingerprint density at radius 1 is 1.75 bits per heavy atom. The van der Waals surface area contributed by atoms with Gasteiger partial charge in [0.1, 0.15) is 11.1 Å². The average molecular weight is 241 g/mol. The smallest absolute Gasteiger partial charge is 0.305 e.